The average Bonchev–Trinajstić information content (AvgIpc) is 2.96. The molecule has 23 heavy (non-hydrogen) atoms. The highest BCUT2D eigenvalue weighted by Crippen LogP contribution is 2.36. The molecule has 0 saturated carbocycles. The summed E-state index contributed by atoms with van der Waals surface area (Å²) in [7, 11) is 3.23. The van der Waals surface area contributed by atoms with Crippen molar-refractivity contribution in [3.63, 3.8) is 0 Å². The van der Waals surface area contributed by atoms with Gasteiger partial charge >= 0.3 is 0 Å². The van der Waals surface area contributed by atoms with Crippen LogP contribution in [0.3, 0.4) is 0 Å². The summed E-state index contributed by atoms with van der Waals surface area (Å²) in [6.07, 6.45) is 1.05. The second kappa shape index (κ2) is 6.69. The van der Waals surface area contributed by atoms with E-state index in [0.717, 1.165) is 25.2 Å². The lowest BCUT2D eigenvalue weighted by Crippen LogP contribution is -2.26. The third-order valence-electron chi connectivity index (χ3n) is 4.09. The highest BCUT2D eigenvalue weighted by atomic mass is 16.5. The smallest absolute Gasteiger partial charge is 0.203 e. The minimum atomic E-state index is 0.567. The largest absolute Gasteiger partial charge is 0.493 e. The van der Waals surface area contributed by atoms with Crippen molar-refractivity contribution in [1.29, 1.82) is 0 Å². The number of rotatable bonds is 6. The average molecular weight is 314 g/mol. The van der Waals surface area contributed by atoms with Crippen LogP contribution in [0.1, 0.15) is 5.56 Å². The van der Waals surface area contributed by atoms with Crippen LogP contribution in [0.5, 0.6) is 17.2 Å². The summed E-state index contributed by atoms with van der Waals surface area (Å²) >= 11 is 0. The Morgan fingerprint density at radius 2 is 1.91 bits per heavy atom. The third-order valence-corrected chi connectivity index (χ3v) is 4.09. The fourth-order valence-corrected chi connectivity index (χ4v) is 2.93. The molecule has 1 aliphatic rings. The Hall–Kier alpha value is -2.56. The molecule has 2 N–H and O–H groups in total. The molecule has 3 rings (SSSR count). The Morgan fingerprint density at radius 3 is 2.70 bits per heavy atom. The SMILES string of the molecule is COc1cccc(OCCN2CCc3ccc(N)cc32)c1OC. The van der Waals surface area contributed by atoms with E-state index < -0.39 is 0 Å². The lowest BCUT2D eigenvalue weighted by molar-refractivity contribution is 0.288. The van der Waals surface area contributed by atoms with Crippen LogP contribution in [0.25, 0.3) is 0 Å². The Bertz CT molecular complexity index is 688. The van der Waals surface area contributed by atoms with E-state index in [9.17, 15) is 0 Å². The maximum Gasteiger partial charge on any atom is 0.203 e. The number of fused-ring (bicyclic) bond motifs is 1. The van der Waals surface area contributed by atoms with Crippen molar-refractivity contribution in [2.75, 3.05) is 44.5 Å². The standard InChI is InChI=1S/C18H22N2O3/c1-21-16-4-3-5-17(18(16)22-2)23-11-10-20-9-8-13-6-7-14(19)12-15(13)20/h3-7,12H,8-11,19H2,1-2H3. The predicted octanol–water partition coefficient (Wildman–Crippen LogP) is 2.73. The van der Waals surface area contributed by atoms with Crippen molar-refractivity contribution in [1.82, 2.24) is 0 Å². The molecular weight excluding hydrogens is 292 g/mol. The molecule has 0 unspecified atom stereocenters. The highest BCUT2D eigenvalue weighted by molar-refractivity contribution is 5.64. The Kier molecular flexibility index (Phi) is 4.46. The van der Waals surface area contributed by atoms with Gasteiger partial charge < -0.3 is 24.8 Å². The Balaban J connectivity index is 1.64. The topological polar surface area (TPSA) is 57.0 Å². The first kappa shape index (κ1) is 15.3. The van der Waals surface area contributed by atoms with Crippen LogP contribution in [-0.2, 0) is 6.42 Å². The predicted molar refractivity (Wildman–Crippen MR) is 91.8 cm³/mol. The van der Waals surface area contributed by atoms with Crippen molar-refractivity contribution in [2.45, 2.75) is 6.42 Å². The number of hydrogen-bond donors (Lipinski definition) is 1. The molecule has 0 fully saturated rings. The van der Waals surface area contributed by atoms with E-state index in [2.05, 4.69) is 11.0 Å². The van der Waals surface area contributed by atoms with Crippen molar-refractivity contribution >= 4 is 11.4 Å². The van der Waals surface area contributed by atoms with E-state index in [1.807, 2.05) is 30.3 Å². The normalized spacial score (nSPS) is 12.9. The lowest BCUT2D eigenvalue weighted by atomic mass is 10.1. The first-order valence-electron chi connectivity index (χ1n) is 7.70. The van der Waals surface area contributed by atoms with Gasteiger partial charge in [-0.25, -0.2) is 0 Å². The molecule has 122 valence electrons. The van der Waals surface area contributed by atoms with E-state index in [1.165, 1.54) is 11.3 Å². The number of para-hydroxylation sites is 1. The molecule has 2 aromatic carbocycles. The van der Waals surface area contributed by atoms with Crippen LogP contribution >= 0.6 is 0 Å². The molecule has 1 aliphatic heterocycles. The van der Waals surface area contributed by atoms with Gasteiger partial charge in [0.15, 0.2) is 11.5 Å². The quantitative estimate of drug-likeness (QED) is 0.831. The van der Waals surface area contributed by atoms with E-state index in [0.29, 0.717) is 23.9 Å². The van der Waals surface area contributed by atoms with Crippen LogP contribution in [0, 0.1) is 0 Å². The zero-order chi connectivity index (χ0) is 16.2. The molecule has 0 bridgehead atoms. The summed E-state index contributed by atoms with van der Waals surface area (Å²) in [5, 5.41) is 0. The van der Waals surface area contributed by atoms with Gasteiger partial charge in [-0.3, -0.25) is 0 Å². The molecule has 1 heterocycles. The van der Waals surface area contributed by atoms with Gasteiger partial charge in [0.1, 0.15) is 6.61 Å². The van der Waals surface area contributed by atoms with Crippen LogP contribution in [0.2, 0.25) is 0 Å². The Labute approximate surface area is 136 Å². The van der Waals surface area contributed by atoms with E-state index in [1.54, 1.807) is 14.2 Å². The Morgan fingerprint density at radius 1 is 1.09 bits per heavy atom. The third kappa shape index (κ3) is 3.13. The van der Waals surface area contributed by atoms with Crippen LogP contribution in [0.4, 0.5) is 11.4 Å². The van der Waals surface area contributed by atoms with Gasteiger partial charge in [0.2, 0.25) is 5.75 Å². The van der Waals surface area contributed by atoms with Gasteiger partial charge in [0.05, 0.1) is 20.8 Å². The number of benzene rings is 2. The van der Waals surface area contributed by atoms with Crippen LogP contribution in [-0.4, -0.2) is 33.9 Å². The van der Waals surface area contributed by atoms with E-state index in [4.69, 9.17) is 19.9 Å². The molecule has 0 spiro atoms. The van der Waals surface area contributed by atoms with Crippen molar-refractivity contribution in [3.05, 3.63) is 42.0 Å². The molecule has 0 aromatic heterocycles. The molecule has 0 saturated heterocycles. The van der Waals surface area contributed by atoms with Gasteiger partial charge in [0, 0.05) is 17.9 Å². The highest BCUT2D eigenvalue weighted by Gasteiger charge is 2.19. The molecule has 0 aliphatic carbocycles. The minimum Gasteiger partial charge on any atom is -0.493 e. The first-order valence-corrected chi connectivity index (χ1v) is 7.70. The summed E-state index contributed by atoms with van der Waals surface area (Å²) in [5.74, 6) is 1.99. The van der Waals surface area contributed by atoms with Crippen molar-refractivity contribution in [3.8, 4) is 17.2 Å². The molecule has 0 atom stereocenters. The molecular formula is C18H22N2O3. The number of nitrogen functional groups attached to an aromatic ring is 1. The number of nitrogens with zero attached hydrogens (tertiary/aromatic N) is 1. The second-order valence-electron chi connectivity index (χ2n) is 5.47. The molecule has 5 nitrogen and oxygen atoms in total. The molecule has 2 aromatic rings. The monoisotopic (exact) mass is 314 g/mol. The number of nitrogens with two attached hydrogens (primary N) is 1. The first-order chi connectivity index (χ1) is 11.2. The van der Waals surface area contributed by atoms with Gasteiger partial charge in [-0.05, 0) is 36.2 Å². The van der Waals surface area contributed by atoms with Gasteiger partial charge in [-0.2, -0.15) is 0 Å². The van der Waals surface area contributed by atoms with E-state index in [-0.39, 0.29) is 0 Å². The lowest BCUT2D eigenvalue weighted by Gasteiger charge is -2.20. The van der Waals surface area contributed by atoms with Crippen LogP contribution < -0.4 is 24.8 Å². The minimum absolute atomic E-state index is 0.567. The number of methoxy groups -OCH3 is 2. The molecule has 0 amide bonds. The summed E-state index contributed by atoms with van der Waals surface area (Å²) in [6, 6.07) is 11.7. The molecule has 5 heteroatoms. The second-order valence-corrected chi connectivity index (χ2v) is 5.47. The van der Waals surface area contributed by atoms with Crippen molar-refractivity contribution < 1.29 is 14.2 Å². The molecule has 0 radical (unpaired) electrons. The summed E-state index contributed by atoms with van der Waals surface area (Å²) < 4.78 is 16.6. The fraction of sp³-hybridized carbons (Fsp3) is 0.333. The zero-order valence-electron chi connectivity index (χ0n) is 13.5. The fourth-order valence-electron chi connectivity index (χ4n) is 2.93. The van der Waals surface area contributed by atoms with Gasteiger partial charge in [0.25, 0.3) is 0 Å². The number of anilines is 2. The summed E-state index contributed by atoms with van der Waals surface area (Å²) in [6.45, 7) is 2.37. The summed E-state index contributed by atoms with van der Waals surface area (Å²) in [5.41, 5.74) is 9.25. The van der Waals surface area contributed by atoms with Gasteiger partial charge in [-0.15, -0.1) is 0 Å². The number of hydrogen-bond acceptors (Lipinski definition) is 5. The summed E-state index contributed by atoms with van der Waals surface area (Å²) in [4.78, 5) is 2.30. The maximum absolute atomic E-state index is 5.90. The number of ether oxygens (including phenoxy) is 3. The zero-order valence-corrected chi connectivity index (χ0v) is 13.5. The van der Waals surface area contributed by atoms with Crippen LogP contribution in [0.15, 0.2) is 36.4 Å². The van der Waals surface area contributed by atoms with Crippen molar-refractivity contribution in [2.24, 2.45) is 0 Å². The maximum atomic E-state index is 5.90. The van der Waals surface area contributed by atoms with E-state index >= 15 is 0 Å². The van der Waals surface area contributed by atoms with Gasteiger partial charge in [-0.1, -0.05) is 12.1 Å².